The molecule has 1 heterocycles. The van der Waals surface area contributed by atoms with E-state index in [9.17, 15) is 4.79 Å². The molecule has 0 saturated carbocycles. The highest BCUT2D eigenvalue weighted by molar-refractivity contribution is 6.24. The zero-order valence-corrected chi connectivity index (χ0v) is 13.0. The molecule has 1 aliphatic heterocycles. The first-order valence-corrected chi connectivity index (χ1v) is 7.55. The molecule has 2 radical (unpaired) electrons. The Morgan fingerprint density at radius 3 is 2.41 bits per heavy atom. The van der Waals surface area contributed by atoms with E-state index < -0.39 is 5.50 Å². The molecule has 1 aliphatic carbocycles. The molecule has 3 heteroatoms. The zero-order valence-electron chi connectivity index (χ0n) is 13.0. The Labute approximate surface area is 132 Å². The van der Waals surface area contributed by atoms with Crippen LogP contribution in [-0.4, -0.2) is 19.1 Å². The molecule has 22 heavy (non-hydrogen) atoms. The van der Waals surface area contributed by atoms with E-state index in [-0.39, 0.29) is 5.78 Å². The molecule has 1 atom stereocenters. The maximum absolute atomic E-state index is 12.6. The highest BCUT2D eigenvalue weighted by Gasteiger charge is 2.32. The van der Waals surface area contributed by atoms with Gasteiger partial charge in [-0.2, -0.15) is 0 Å². The average molecular weight is 288 g/mol. The van der Waals surface area contributed by atoms with E-state index in [2.05, 4.69) is 0 Å². The second-order valence-electron chi connectivity index (χ2n) is 5.39. The van der Waals surface area contributed by atoms with E-state index in [0.29, 0.717) is 5.75 Å². The molecule has 0 N–H and O–H groups in total. The lowest BCUT2D eigenvalue weighted by atomic mass is 9.80. The molecule has 4 rings (SSSR count). The number of carbonyl (C=O) groups is 1. The van der Waals surface area contributed by atoms with Gasteiger partial charge in [0, 0.05) is 16.7 Å². The van der Waals surface area contributed by atoms with Gasteiger partial charge in [-0.25, -0.2) is 0 Å². The summed E-state index contributed by atoms with van der Waals surface area (Å²) in [5, 5.41) is 0. The first-order chi connectivity index (χ1) is 10.6. The number of fused-ring (bicyclic) bond motifs is 5. The summed E-state index contributed by atoms with van der Waals surface area (Å²) in [4.78, 5) is 12.6. The van der Waals surface area contributed by atoms with E-state index in [1.807, 2.05) is 56.3 Å². The first kappa shape index (κ1) is 14.6. The van der Waals surface area contributed by atoms with Crippen LogP contribution in [0.25, 0.3) is 17.2 Å². The Hall–Kier alpha value is -2.29. The first-order valence-electron chi connectivity index (χ1n) is 7.55. The van der Waals surface area contributed by atoms with Crippen LogP contribution in [0, 0.1) is 0 Å². The third-order valence-corrected chi connectivity index (χ3v) is 3.81. The summed E-state index contributed by atoms with van der Waals surface area (Å²) >= 11 is 0. The minimum Gasteiger partial charge on any atom is -0.493 e. The van der Waals surface area contributed by atoms with Crippen molar-refractivity contribution in [3.8, 4) is 16.9 Å². The van der Waals surface area contributed by atoms with Gasteiger partial charge in [0.2, 0.25) is 0 Å². The Morgan fingerprint density at radius 2 is 1.68 bits per heavy atom. The van der Waals surface area contributed by atoms with Crippen molar-refractivity contribution < 1.29 is 9.53 Å². The second-order valence-corrected chi connectivity index (χ2v) is 5.39. The van der Waals surface area contributed by atoms with Crippen LogP contribution in [0.5, 0.6) is 5.75 Å². The van der Waals surface area contributed by atoms with Crippen LogP contribution in [0.4, 0.5) is 0 Å². The van der Waals surface area contributed by atoms with Crippen LogP contribution < -0.4 is 4.74 Å². The van der Waals surface area contributed by atoms with E-state index in [1.54, 1.807) is 13.0 Å². The van der Waals surface area contributed by atoms with Gasteiger partial charge in [0.25, 0.3) is 0 Å². The van der Waals surface area contributed by atoms with E-state index >= 15 is 0 Å². The fourth-order valence-corrected chi connectivity index (χ4v) is 2.89. The van der Waals surface area contributed by atoms with Crippen LogP contribution >= 0.6 is 0 Å². The largest absolute Gasteiger partial charge is 0.493 e. The number of hydrogen-bond donors (Lipinski definition) is 0. The van der Waals surface area contributed by atoms with Gasteiger partial charge in [-0.05, 0) is 30.2 Å². The minimum atomic E-state index is -0.824. The SMILES string of the molecule is CC.[B]C1(C)C=Cc2c(ccc3c2C(=O)c2ccccc2-3)O1. The highest BCUT2D eigenvalue weighted by atomic mass is 16.5. The third kappa shape index (κ3) is 2.09. The summed E-state index contributed by atoms with van der Waals surface area (Å²) in [5.41, 5.74) is 3.44. The van der Waals surface area contributed by atoms with Crippen molar-refractivity contribution in [2.24, 2.45) is 0 Å². The number of rotatable bonds is 0. The molecule has 0 saturated heterocycles. The Morgan fingerprint density at radius 1 is 1.00 bits per heavy atom. The van der Waals surface area contributed by atoms with E-state index in [1.165, 1.54) is 0 Å². The quantitative estimate of drug-likeness (QED) is 0.579. The van der Waals surface area contributed by atoms with Crippen molar-refractivity contribution in [2.75, 3.05) is 0 Å². The molecule has 0 bridgehead atoms. The lowest BCUT2D eigenvalue weighted by Crippen LogP contribution is -2.32. The van der Waals surface area contributed by atoms with Gasteiger partial charge in [-0.3, -0.25) is 4.79 Å². The smallest absolute Gasteiger partial charge is 0.195 e. The lowest BCUT2D eigenvalue weighted by molar-refractivity contribution is 0.104. The van der Waals surface area contributed by atoms with Crippen molar-refractivity contribution >= 4 is 19.7 Å². The summed E-state index contributed by atoms with van der Waals surface area (Å²) < 4.78 is 5.73. The van der Waals surface area contributed by atoms with Crippen LogP contribution in [0.3, 0.4) is 0 Å². The van der Waals surface area contributed by atoms with E-state index in [0.717, 1.165) is 27.8 Å². The van der Waals surface area contributed by atoms with Gasteiger partial charge in [-0.15, -0.1) is 0 Å². The molecular formula is C19H17BO2. The Kier molecular flexibility index (Phi) is 3.44. The fraction of sp³-hybridized carbons (Fsp3) is 0.211. The molecule has 0 amide bonds. The second kappa shape index (κ2) is 5.17. The molecule has 2 aliphatic rings. The third-order valence-electron chi connectivity index (χ3n) is 3.81. The maximum atomic E-state index is 12.6. The molecule has 0 fully saturated rings. The molecule has 0 spiro atoms. The lowest BCUT2D eigenvalue weighted by Gasteiger charge is -2.29. The zero-order chi connectivity index (χ0) is 15.9. The normalized spacial score (nSPS) is 20.2. The van der Waals surface area contributed by atoms with Gasteiger partial charge < -0.3 is 4.74 Å². The molecule has 2 nitrogen and oxygen atoms in total. The van der Waals surface area contributed by atoms with Crippen molar-refractivity contribution in [1.82, 2.24) is 0 Å². The van der Waals surface area contributed by atoms with Gasteiger partial charge in [0.1, 0.15) is 13.6 Å². The summed E-state index contributed by atoms with van der Waals surface area (Å²) in [5.74, 6) is 0.721. The number of benzene rings is 2. The van der Waals surface area contributed by atoms with Crippen molar-refractivity contribution in [1.29, 1.82) is 0 Å². The number of carbonyl (C=O) groups excluding carboxylic acids is 1. The van der Waals surface area contributed by atoms with Crippen LogP contribution in [-0.2, 0) is 0 Å². The fourth-order valence-electron chi connectivity index (χ4n) is 2.89. The molecule has 0 aromatic heterocycles. The number of ether oxygens (including phenoxy) is 1. The van der Waals surface area contributed by atoms with Gasteiger partial charge >= 0.3 is 0 Å². The standard InChI is InChI=1S/C17H11BO2.C2H6/c1-17(18)9-8-13-14(20-17)7-6-11-10-4-2-3-5-12(10)16(19)15(11)13;1-2/h2-9H,1H3;1-2H3. The molecule has 108 valence electrons. The van der Waals surface area contributed by atoms with Crippen LogP contribution in [0.2, 0.25) is 0 Å². The Bertz CT molecular complexity index is 788. The highest BCUT2D eigenvalue weighted by Crippen LogP contribution is 2.43. The molecule has 2 aromatic carbocycles. The summed E-state index contributed by atoms with van der Waals surface area (Å²) in [7, 11) is 5.96. The van der Waals surface area contributed by atoms with Crippen molar-refractivity contribution in [2.45, 2.75) is 26.3 Å². The predicted molar refractivity (Wildman–Crippen MR) is 90.5 cm³/mol. The predicted octanol–water partition coefficient (Wildman–Crippen LogP) is 4.21. The molecule has 2 aromatic rings. The molecule has 1 unspecified atom stereocenters. The topological polar surface area (TPSA) is 26.3 Å². The average Bonchev–Trinajstić information content (AvgIpc) is 2.82. The number of ketones is 1. The van der Waals surface area contributed by atoms with Crippen molar-refractivity contribution in [3.05, 3.63) is 59.2 Å². The van der Waals surface area contributed by atoms with Crippen LogP contribution in [0.15, 0.2) is 42.5 Å². The van der Waals surface area contributed by atoms with Gasteiger partial charge in [-0.1, -0.05) is 50.3 Å². The summed E-state index contributed by atoms with van der Waals surface area (Å²) in [6.07, 6.45) is 3.67. The maximum Gasteiger partial charge on any atom is 0.195 e. The van der Waals surface area contributed by atoms with Gasteiger partial charge in [0.05, 0.1) is 5.50 Å². The minimum absolute atomic E-state index is 0.0568. The van der Waals surface area contributed by atoms with Gasteiger partial charge in [0.15, 0.2) is 5.78 Å². The Balaban J connectivity index is 0.000000693. The molecular weight excluding hydrogens is 271 g/mol. The van der Waals surface area contributed by atoms with Crippen molar-refractivity contribution in [3.63, 3.8) is 0 Å². The van der Waals surface area contributed by atoms with E-state index in [4.69, 9.17) is 12.6 Å². The monoisotopic (exact) mass is 288 g/mol. The van der Waals surface area contributed by atoms with Crippen LogP contribution in [0.1, 0.15) is 42.3 Å². The summed E-state index contributed by atoms with van der Waals surface area (Å²) in [6, 6.07) is 11.5. The number of hydrogen-bond acceptors (Lipinski definition) is 2. The summed E-state index contributed by atoms with van der Waals surface area (Å²) in [6.45, 7) is 5.79.